The van der Waals surface area contributed by atoms with Crippen molar-refractivity contribution in [3.05, 3.63) is 35.9 Å². The van der Waals surface area contributed by atoms with Gasteiger partial charge in [-0.05, 0) is 30.7 Å². The third-order valence-corrected chi connectivity index (χ3v) is 6.15. The molecule has 2 nitrogen and oxygen atoms in total. The van der Waals surface area contributed by atoms with Gasteiger partial charge in [-0.3, -0.25) is 4.90 Å². The van der Waals surface area contributed by atoms with Crippen molar-refractivity contribution in [3.63, 3.8) is 0 Å². The molecule has 1 heterocycles. The first kappa shape index (κ1) is 18.8. The first-order valence-corrected chi connectivity index (χ1v) is 9.14. The predicted molar refractivity (Wildman–Crippen MR) is 99.0 cm³/mol. The van der Waals surface area contributed by atoms with Crippen molar-refractivity contribution in [3.8, 4) is 0 Å². The fraction of sp³-hybridized carbons (Fsp3) is 0.700. The van der Waals surface area contributed by atoms with Crippen molar-refractivity contribution in [1.82, 2.24) is 4.90 Å². The van der Waals surface area contributed by atoms with Crippen LogP contribution >= 0.6 is 11.6 Å². The van der Waals surface area contributed by atoms with Gasteiger partial charge in [0, 0.05) is 19.6 Å². The minimum atomic E-state index is -0.390. The monoisotopic (exact) mass is 337 g/mol. The summed E-state index contributed by atoms with van der Waals surface area (Å²) in [6, 6.07) is 10.6. The van der Waals surface area contributed by atoms with Crippen LogP contribution < -0.4 is 0 Å². The third-order valence-electron chi connectivity index (χ3n) is 4.99. The minimum absolute atomic E-state index is 0.0289. The summed E-state index contributed by atoms with van der Waals surface area (Å²) >= 11 is 7.33. The van der Waals surface area contributed by atoms with Crippen molar-refractivity contribution >= 4 is 11.6 Å². The van der Waals surface area contributed by atoms with Gasteiger partial charge in [0.1, 0.15) is 0 Å². The van der Waals surface area contributed by atoms with Crippen LogP contribution in [0.2, 0.25) is 0 Å². The topological polar surface area (TPSA) is 12.5 Å². The summed E-state index contributed by atoms with van der Waals surface area (Å²) in [7, 11) is 0. The number of hydrogen-bond acceptors (Lipinski definition) is 2. The van der Waals surface area contributed by atoms with Gasteiger partial charge in [-0.2, -0.15) is 0 Å². The lowest BCUT2D eigenvalue weighted by Gasteiger charge is -2.47. The molecular formula is C20H32ClNO. The molecule has 0 N–H and O–H groups in total. The highest BCUT2D eigenvalue weighted by Crippen LogP contribution is 2.50. The summed E-state index contributed by atoms with van der Waals surface area (Å²) in [6.07, 6.45) is 0.587. The van der Waals surface area contributed by atoms with Gasteiger partial charge in [0.25, 0.3) is 0 Å². The summed E-state index contributed by atoms with van der Waals surface area (Å²) in [5.41, 5.74) is 1.19. The molecule has 0 aliphatic carbocycles. The molecule has 1 aromatic rings. The number of rotatable bonds is 4. The quantitative estimate of drug-likeness (QED) is 0.723. The zero-order valence-electron chi connectivity index (χ0n) is 15.5. The van der Waals surface area contributed by atoms with Crippen LogP contribution in [0.4, 0.5) is 0 Å². The Labute approximate surface area is 147 Å². The van der Waals surface area contributed by atoms with Crippen LogP contribution in [0.3, 0.4) is 0 Å². The molecule has 2 rings (SSSR count). The smallest absolute Gasteiger partial charge is 0.0780 e. The van der Waals surface area contributed by atoms with Crippen LogP contribution in [0.25, 0.3) is 0 Å². The van der Waals surface area contributed by atoms with Crippen molar-refractivity contribution in [2.24, 2.45) is 11.3 Å². The van der Waals surface area contributed by atoms with E-state index < -0.39 is 0 Å². The van der Waals surface area contributed by atoms with E-state index in [4.69, 9.17) is 16.3 Å². The van der Waals surface area contributed by atoms with Gasteiger partial charge in [-0.25, -0.2) is 0 Å². The maximum absolute atomic E-state index is 7.33. The summed E-state index contributed by atoms with van der Waals surface area (Å²) in [5.74, 6) is 0.337. The molecule has 1 aliphatic rings. The second-order valence-electron chi connectivity index (χ2n) is 8.20. The number of hydrogen-bond donors (Lipinski definition) is 0. The predicted octanol–water partition coefficient (Wildman–Crippen LogP) is 4.91. The van der Waals surface area contributed by atoms with E-state index in [1.807, 2.05) is 0 Å². The number of benzene rings is 1. The molecule has 3 heteroatoms. The molecule has 1 fully saturated rings. The van der Waals surface area contributed by atoms with Gasteiger partial charge in [0.05, 0.1) is 17.1 Å². The molecule has 4 unspecified atom stereocenters. The second kappa shape index (κ2) is 7.13. The molecule has 0 bridgehead atoms. The highest BCUT2D eigenvalue weighted by molar-refractivity contribution is 6.24. The maximum Gasteiger partial charge on any atom is 0.0780 e. The van der Waals surface area contributed by atoms with E-state index in [2.05, 4.69) is 76.8 Å². The Morgan fingerprint density at radius 1 is 1.13 bits per heavy atom. The van der Waals surface area contributed by atoms with Gasteiger partial charge >= 0.3 is 0 Å². The molecule has 0 spiro atoms. The van der Waals surface area contributed by atoms with Crippen LogP contribution in [-0.2, 0) is 9.61 Å². The first-order chi connectivity index (χ1) is 10.6. The Hall–Kier alpha value is -0.570. The Bertz CT molecular complexity index is 488. The first-order valence-electron chi connectivity index (χ1n) is 8.77. The van der Waals surface area contributed by atoms with Gasteiger partial charge < -0.3 is 4.74 Å². The van der Waals surface area contributed by atoms with E-state index in [1.165, 1.54) is 5.56 Å². The molecule has 0 amide bonds. The number of morpholine rings is 1. The Kier molecular flexibility index (Phi) is 5.81. The van der Waals surface area contributed by atoms with Crippen LogP contribution in [0, 0.1) is 11.3 Å². The van der Waals surface area contributed by atoms with Gasteiger partial charge in [-0.1, -0.05) is 58.0 Å². The lowest BCUT2D eigenvalue weighted by molar-refractivity contribution is -0.0736. The van der Waals surface area contributed by atoms with Crippen molar-refractivity contribution in [2.45, 2.75) is 58.6 Å². The lowest BCUT2D eigenvalue weighted by Crippen LogP contribution is -2.51. The number of ether oxygens (including phenoxy) is 1. The molecule has 4 atom stereocenters. The highest BCUT2D eigenvalue weighted by Gasteiger charge is 2.46. The summed E-state index contributed by atoms with van der Waals surface area (Å²) in [4.78, 5) is 2.12. The van der Waals surface area contributed by atoms with Gasteiger partial charge in [0.15, 0.2) is 0 Å². The molecule has 130 valence electrons. The standard InChI is InChI=1S/C20H32ClNO/c1-15(12-22-13-16(2)23-17(3)14-22)20(21,19(4,5)6)18-10-8-7-9-11-18/h7-11,15-17H,12-14H2,1-6H3. The SMILES string of the molecule is CC1CN(CC(C)C(Cl)(c2ccccc2)C(C)(C)C)CC(C)O1. The summed E-state index contributed by atoms with van der Waals surface area (Å²) in [6.45, 7) is 16.3. The average Bonchev–Trinajstić information content (AvgIpc) is 2.44. The summed E-state index contributed by atoms with van der Waals surface area (Å²) < 4.78 is 5.86. The van der Waals surface area contributed by atoms with Crippen molar-refractivity contribution in [1.29, 1.82) is 0 Å². The number of nitrogens with zero attached hydrogens (tertiary/aromatic N) is 1. The van der Waals surface area contributed by atoms with E-state index in [-0.39, 0.29) is 10.3 Å². The van der Waals surface area contributed by atoms with Crippen molar-refractivity contribution < 1.29 is 4.74 Å². The second-order valence-corrected chi connectivity index (χ2v) is 8.80. The zero-order chi connectivity index (χ0) is 17.3. The van der Waals surface area contributed by atoms with E-state index >= 15 is 0 Å². The van der Waals surface area contributed by atoms with E-state index in [9.17, 15) is 0 Å². The zero-order valence-corrected chi connectivity index (χ0v) is 16.2. The van der Waals surface area contributed by atoms with Gasteiger partial charge in [0.2, 0.25) is 0 Å². The van der Waals surface area contributed by atoms with E-state index in [1.54, 1.807) is 0 Å². The van der Waals surface area contributed by atoms with Crippen LogP contribution in [0.1, 0.15) is 47.1 Å². The molecule has 1 saturated heterocycles. The number of alkyl halides is 1. The van der Waals surface area contributed by atoms with E-state index in [0.29, 0.717) is 18.1 Å². The Morgan fingerprint density at radius 3 is 2.13 bits per heavy atom. The van der Waals surface area contributed by atoms with Crippen LogP contribution in [0.5, 0.6) is 0 Å². The fourth-order valence-corrected chi connectivity index (χ4v) is 4.28. The van der Waals surface area contributed by atoms with E-state index in [0.717, 1.165) is 19.6 Å². The Balaban J connectivity index is 2.23. The van der Waals surface area contributed by atoms with Gasteiger partial charge in [-0.15, -0.1) is 11.6 Å². The molecule has 0 saturated carbocycles. The minimum Gasteiger partial charge on any atom is -0.373 e. The normalized spacial score (nSPS) is 27.4. The van der Waals surface area contributed by atoms with Crippen molar-refractivity contribution in [2.75, 3.05) is 19.6 Å². The average molecular weight is 338 g/mol. The molecule has 1 aliphatic heterocycles. The maximum atomic E-state index is 7.33. The van der Waals surface area contributed by atoms with Crippen LogP contribution in [-0.4, -0.2) is 36.7 Å². The molecule has 23 heavy (non-hydrogen) atoms. The third kappa shape index (κ3) is 4.10. The molecule has 0 radical (unpaired) electrons. The molecular weight excluding hydrogens is 306 g/mol. The largest absolute Gasteiger partial charge is 0.373 e. The highest BCUT2D eigenvalue weighted by atomic mass is 35.5. The molecule has 1 aromatic carbocycles. The molecule has 0 aromatic heterocycles. The van der Waals surface area contributed by atoms with Crippen LogP contribution in [0.15, 0.2) is 30.3 Å². The Morgan fingerprint density at radius 2 is 1.65 bits per heavy atom. The summed E-state index contributed by atoms with van der Waals surface area (Å²) in [5, 5.41) is 0. The number of halogens is 1. The fourth-order valence-electron chi connectivity index (χ4n) is 4.08. The lowest BCUT2D eigenvalue weighted by atomic mass is 9.69.